The number of oxime groups is 1. The fourth-order valence-corrected chi connectivity index (χ4v) is 5.97. The van der Waals surface area contributed by atoms with Crippen LogP contribution in [0.2, 0.25) is 0 Å². The van der Waals surface area contributed by atoms with Crippen LogP contribution in [0.4, 0.5) is 26.3 Å². The van der Waals surface area contributed by atoms with Crippen LogP contribution in [0.15, 0.2) is 71.9 Å². The van der Waals surface area contributed by atoms with Crippen molar-refractivity contribution in [3.8, 4) is 0 Å². The van der Waals surface area contributed by atoms with Crippen molar-refractivity contribution in [2.45, 2.75) is 57.3 Å². The quantitative estimate of drug-likeness (QED) is 0.126. The van der Waals surface area contributed by atoms with Gasteiger partial charge in [0.2, 0.25) is 0 Å². The van der Waals surface area contributed by atoms with Gasteiger partial charge < -0.3 is 14.6 Å². The summed E-state index contributed by atoms with van der Waals surface area (Å²) in [5.74, 6) is -0.831. The second-order valence-electron chi connectivity index (χ2n) is 11.9. The smallest absolute Gasteiger partial charge is 0.399 e. The summed E-state index contributed by atoms with van der Waals surface area (Å²) in [6.07, 6.45) is -7.48. The average Bonchev–Trinajstić information content (AvgIpc) is 3.02. The first kappa shape index (κ1) is 35.0. The second-order valence-corrected chi connectivity index (χ2v) is 11.9. The lowest BCUT2D eigenvalue weighted by atomic mass is 9.87. The molecule has 4 rings (SSSR count). The molecule has 1 fully saturated rings. The second kappa shape index (κ2) is 14.7. The molecule has 1 saturated heterocycles. The van der Waals surface area contributed by atoms with E-state index in [9.17, 15) is 31.1 Å². The van der Waals surface area contributed by atoms with Crippen LogP contribution < -0.4 is 0 Å². The summed E-state index contributed by atoms with van der Waals surface area (Å²) < 4.78 is 80.9. The number of hydrogen-bond donors (Lipinski definition) is 0. The van der Waals surface area contributed by atoms with Crippen LogP contribution in [0, 0.1) is 13.8 Å². The molecule has 1 atom stereocenters. The summed E-state index contributed by atoms with van der Waals surface area (Å²) in [6, 6.07) is 17.3. The Balaban J connectivity index is 1.56. The van der Waals surface area contributed by atoms with E-state index in [1.54, 1.807) is 0 Å². The molecule has 46 heavy (non-hydrogen) atoms. The summed E-state index contributed by atoms with van der Waals surface area (Å²) in [5, 5.41) is 4.24. The van der Waals surface area contributed by atoms with E-state index in [0.29, 0.717) is 30.2 Å². The number of piperidine rings is 1. The van der Waals surface area contributed by atoms with Crippen LogP contribution in [0.3, 0.4) is 0 Å². The third-order valence-corrected chi connectivity index (χ3v) is 8.72. The molecular weight excluding hydrogens is 608 g/mol. The molecular formula is C35H39F6N3O2. The summed E-state index contributed by atoms with van der Waals surface area (Å²) >= 11 is 0. The highest BCUT2D eigenvalue weighted by molar-refractivity contribution is 5.99. The Labute approximate surface area is 265 Å². The highest BCUT2D eigenvalue weighted by atomic mass is 19.4. The standard InChI is InChI=1S/C35H39F6N3O2/c1-23-10-11-27(18-24(23)2)31(14-17-44-15-12-26(13-16-44)25-8-6-5-7-9-25)32(42-46-4)22-43(3)33(45)28-19-29(34(36,37)38)21-30(20-28)35(39,40)41/h5-11,18-21,26,31H,12-17,22H2,1-4H3/b42-32-. The number of hydrogen-bond acceptors (Lipinski definition) is 4. The number of amides is 1. The largest absolute Gasteiger partial charge is 0.416 e. The SMILES string of the molecule is CO/N=C(/CN(C)C(=O)c1cc(C(F)(F)F)cc(C(F)(F)F)c1)C(CCN1CCC(c2ccccc2)CC1)c1ccc(C)c(C)c1. The Hall–Kier alpha value is -3.86. The average molecular weight is 648 g/mol. The molecule has 0 bridgehead atoms. The Morgan fingerprint density at radius 2 is 1.52 bits per heavy atom. The number of benzene rings is 3. The monoisotopic (exact) mass is 647 g/mol. The first-order valence-corrected chi connectivity index (χ1v) is 15.2. The van der Waals surface area contributed by atoms with E-state index >= 15 is 0 Å². The zero-order chi connectivity index (χ0) is 33.6. The lowest BCUT2D eigenvalue weighted by Gasteiger charge is -2.33. The van der Waals surface area contributed by atoms with Gasteiger partial charge in [-0.25, -0.2) is 0 Å². The highest BCUT2D eigenvalue weighted by Gasteiger charge is 2.38. The fourth-order valence-electron chi connectivity index (χ4n) is 5.97. The summed E-state index contributed by atoms with van der Waals surface area (Å²) in [5.41, 5.74) is 1.03. The maximum Gasteiger partial charge on any atom is 0.416 e. The molecule has 1 unspecified atom stereocenters. The number of nitrogens with zero attached hydrogens (tertiary/aromatic N) is 3. The number of rotatable bonds is 10. The van der Waals surface area contributed by atoms with Crippen molar-refractivity contribution < 1.29 is 36.0 Å². The van der Waals surface area contributed by atoms with Crippen LogP contribution in [-0.4, -0.2) is 61.8 Å². The van der Waals surface area contributed by atoms with E-state index in [-0.39, 0.29) is 18.5 Å². The van der Waals surface area contributed by atoms with Crippen LogP contribution in [0.5, 0.6) is 0 Å². The molecule has 1 heterocycles. The number of carbonyl (C=O) groups is 1. The molecule has 1 amide bonds. The maximum absolute atomic E-state index is 13.5. The van der Waals surface area contributed by atoms with Crippen molar-refractivity contribution in [3.63, 3.8) is 0 Å². The van der Waals surface area contributed by atoms with Crippen molar-refractivity contribution in [2.24, 2.45) is 5.16 Å². The molecule has 0 saturated carbocycles. The molecule has 3 aromatic carbocycles. The fraction of sp³-hybridized carbons (Fsp3) is 0.429. The van der Waals surface area contributed by atoms with Crippen molar-refractivity contribution in [3.05, 3.63) is 106 Å². The minimum Gasteiger partial charge on any atom is -0.399 e. The molecule has 0 N–H and O–H groups in total. The number of halogens is 6. The van der Waals surface area contributed by atoms with Gasteiger partial charge in [0.05, 0.1) is 23.4 Å². The lowest BCUT2D eigenvalue weighted by molar-refractivity contribution is -0.143. The Bertz CT molecular complexity index is 1480. The molecule has 248 valence electrons. The summed E-state index contributed by atoms with van der Waals surface area (Å²) in [6.45, 7) is 6.35. The van der Waals surface area contributed by atoms with Crippen LogP contribution in [-0.2, 0) is 17.2 Å². The third-order valence-electron chi connectivity index (χ3n) is 8.72. The minimum absolute atomic E-state index is 0.00695. The van der Waals surface area contributed by atoms with Gasteiger partial charge in [-0.15, -0.1) is 0 Å². The van der Waals surface area contributed by atoms with Gasteiger partial charge in [-0.1, -0.05) is 53.7 Å². The Kier molecular flexibility index (Phi) is 11.2. The third kappa shape index (κ3) is 8.90. The van der Waals surface area contributed by atoms with Crippen molar-refractivity contribution in [2.75, 3.05) is 40.3 Å². The molecule has 0 aliphatic carbocycles. The first-order chi connectivity index (χ1) is 21.7. The van der Waals surface area contributed by atoms with Gasteiger partial charge in [-0.3, -0.25) is 4.79 Å². The van der Waals surface area contributed by atoms with E-state index in [2.05, 4.69) is 34.3 Å². The van der Waals surface area contributed by atoms with Gasteiger partial charge in [-0.05, 0) is 99.1 Å². The molecule has 1 aliphatic rings. The molecule has 11 heteroatoms. The molecule has 5 nitrogen and oxygen atoms in total. The van der Waals surface area contributed by atoms with Crippen LogP contribution in [0.25, 0.3) is 0 Å². The number of aryl methyl sites for hydroxylation is 2. The normalized spacial score (nSPS) is 15.9. The van der Waals surface area contributed by atoms with E-state index in [0.717, 1.165) is 54.1 Å². The van der Waals surface area contributed by atoms with Crippen molar-refractivity contribution in [1.82, 2.24) is 9.80 Å². The van der Waals surface area contributed by atoms with Crippen molar-refractivity contribution >= 4 is 11.6 Å². The number of carbonyl (C=O) groups excluding carboxylic acids is 1. The van der Waals surface area contributed by atoms with Crippen molar-refractivity contribution in [1.29, 1.82) is 0 Å². The number of alkyl halides is 6. The molecule has 3 aromatic rings. The van der Waals surface area contributed by atoms with Gasteiger partial charge in [0.15, 0.2) is 0 Å². The topological polar surface area (TPSA) is 45.1 Å². The maximum atomic E-state index is 13.5. The predicted molar refractivity (Wildman–Crippen MR) is 166 cm³/mol. The zero-order valence-electron chi connectivity index (χ0n) is 26.4. The molecule has 1 aliphatic heterocycles. The highest BCUT2D eigenvalue weighted by Crippen LogP contribution is 2.37. The lowest BCUT2D eigenvalue weighted by Crippen LogP contribution is -2.37. The van der Waals surface area contributed by atoms with E-state index < -0.39 is 35.0 Å². The summed E-state index contributed by atoms with van der Waals surface area (Å²) in [7, 11) is 2.68. The van der Waals surface area contributed by atoms with Crippen LogP contribution >= 0.6 is 0 Å². The predicted octanol–water partition coefficient (Wildman–Crippen LogP) is 8.47. The molecule has 0 aromatic heterocycles. The van der Waals surface area contributed by atoms with E-state index in [1.807, 2.05) is 38.1 Å². The zero-order valence-corrected chi connectivity index (χ0v) is 26.4. The number of likely N-dealkylation sites (tertiary alicyclic amines) is 1. The van der Waals surface area contributed by atoms with Gasteiger partial charge in [-0.2, -0.15) is 26.3 Å². The van der Waals surface area contributed by atoms with Gasteiger partial charge in [0, 0.05) is 18.5 Å². The summed E-state index contributed by atoms with van der Waals surface area (Å²) in [4.78, 5) is 22.0. The molecule has 0 radical (unpaired) electrons. The first-order valence-electron chi connectivity index (χ1n) is 15.2. The Morgan fingerprint density at radius 1 is 0.913 bits per heavy atom. The van der Waals surface area contributed by atoms with E-state index in [4.69, 9.17) is 4.84 Å². The minimum atomic E-state index is -5.07. The molecule has 0 spiro atoms. The van der Waals surface area contributed by atoms with Gasteiger partial charge in [0.1, 0.15) is 7.11 Å². The van der Waals surface area contributed by atoms with Crippen LogP contribution in [0.1, 0.15) is 74.8 Å². The van der Waals surface area contributed by atoms with Gasteiger partial charge in [0.25, 0.3) is 5.91 Å². The van der Waals surface area contributed by atoms with Gasteiger partial charge >= 0.3 is 12.4 Å². The van der Waals surface area contributed by atoms with E-state index in [1.165, 1.54) is 19.7 Å². The Morgan fingerprint density at radius 3 is 2.07 bits per heavy atom.